The second-order valence-electron chi connectivity index (χ2n) is 10.7. The first-order valence-corrected chi connectivity index (χ1v) is 13.5. The van der Waals surface area contributed by atoms with Gasteiger partial charge in [-0.1, -0.05) is 31.2 Å². The Labute approximate surface area is 225 Å². The molecule has 6 nitrogen and oxygen atoms in total. The monoisotopic (exact) mass is 514 g/mol. The van der Waals surface area contributed by atoms with Gasteiger partial charge in [-0.3, -0.25) is 4.90 Å². The topological polar surface area (TPSA) is 76.4 Å². The van der Waals surface area contributed by atoms with Crippen molar-refractivity contribution in [3.63, 3.8) is 0 Å². The second kappa shape index (κ2) is 11.1. The smallest absolute Gasteiger partial charge is 0.119 e. The van der Waals surface area contributed by atoms with Gasteiger partial charge < -0.3 is 25.0 Å². The van der Waals surface area contributed by atoms with Gasteiger partial charge in [-0.25, -0.2) is 0 Å². The lowest BCUT2D eigenvalue weighted by Crippen LogP contribution is -2.35. The van der Waals surface area contributed by atoms with Crippen LogP contribution in [0.2, 0.25) is 0 Å². The number of allylic oxidation sites excluding steroid dienone is 1. The molecule has 3 aromatic rings. The minimum Gasteiger partial charge on any atom is -0.508 e. The molecule has 3 N–H and O–H groups in total. The Balaban J connectivity index is 1.49. The molecule has 3 atom stereocenters. The highest BCUT2D eigenvalue weighted by atomic mass is 16.5. The number of benzene rings is 3. The summed E-state index contributed by atoms with van der Waals surface area (Å²) in [6.07, 6.45) is 1.25. The van der Waals surface area contributed by atoms with Gasteiger partial charge in [0.15, 0.2) is 0 Å². The maximum atomic E-state index is 10.3. The van der Waals surface area contributed by atoms with E-state index in [9.17, 15) is 15.3 Å². The number of aliphatic hydroxyl groups excluding tert-OH is 1. The zero-order valence-corrected chi connectivity index (χ0v) is 22.5. The van der Waals surface area contributed by atoms with Gasteiger partial charge in [-0.05, 0) is 97.5 Å². The molecule has 2 heterocycles. The summed E-state index contributed by atoms with van der Waals surface area (Å²) >= 11 is 0. The third-order valence-electron chi connectivity index (χ3n) is 7.95. The largest absolute Gasteiger partial charge is 0.508 e. The predicted octanol–water partition coefficient (Wildman–Crippen LogP) is 5.69. The number of fused-ring (bicyclic) bond motifs is 1. The highest BCUT2D eigenvalue weighted by molar-refractivity contribution is 6.00. The van der Waals surface area contributed by atoms with Crippen LogP contribution in [0, 0.1) is 5.92 Å². The molecule has 0 aromatic heterocycles. The molecular formula is C32H38N2O4. The number of anilines is 1. The van der Waals surface area contributed by atoms with Gasteiger partial charge in [0.2, 0.25) is 0 Å². The van der Waals surface area contributed by atoms with E-state index in [0.29, 0.717) is 19.2 Å². The van der Waals surface area contributed by atoms with Crippen LogP contribution < -0.4 is 9.64 Å². The van der Waals surface area contributed by atoms with Gasteiger partial charge in [0.25, 0.3) is 0 Å². The minimum atomic E-state index is -0.194. The van der Waals surface area contributed by atoms with Crippen LogP contribution >= 0.6 is 0 Å². The molecule has 6 heteroatoms. The number of nitrogens with zero attached hydrogens (tertiary/aromatic N) is 2. The number of phenols is 2. The number of phenolic OH excluding ortho intramolecular Hbond substituents is 2. The van der Waals surface area contributed by atoms with Crippen LogP contribution in [0.4, 0.5) is 5.69 Å². The zero-order valence-electron chi connectivity index (χ0n) is 22.5. The number of aromatic hydroxyl groups is 2. The van der Waals surface area contributed by atoms with Gasteiger partial charge in [0, 0.05) is 30.4 Å². The number of hydrogen-bond donors (Lipinski definition) is 3. The lowest BCUT2D eigenvalue weighted by molar-refractivity contribution is 0.169. The lowest BCUT2D eigenvalue weighted by atomic mass is 9.81. The lowest BCUT2D eigenvalue weighted by Gasteiger charge is -2.41. The summed E-state index contributed by atoms with van der Waals surface area (Å²) in [5.41, 5.74) is 5.88. The predicted molar refractivity (Wildman–Crippen MR) is 153 cm³/mol. The molecule has 38 heavy (non-hydrogen) atoms. The van der Waals surface area contributed by atoms with Crippen LogP contribution in [0.3, 0.4) is 0 Å². The fourth-order valence-electron chi connectivity index (χ4n) is 5.91. The van der Waals surface area contributed by atoms with Gasteiger partial charge in [-0.15, -0.1) is 0 Å². The molecule has 0 spiro atoms. The third kappa shape index (κ3) is 5.24. The fourth-order valence-corrected chi connectivity index (χ4v) is 5.91. The standard InChI is InChI=1S/C32H38N2O4/c1-21-13-14-33(19-21)22(2)20-38-28-10-7-24(8-11-28)32-31(25-5-4-6-26(36)17-25)23(3)29-18-27(37)9-12-30(29)34(32)15-16-35/h4-12,17-18,21-22,32,35-37H,13-16,19-20H2,1-3H3. The highest BCUT2D eigenvalue weighted by Crippen LogP contribution is 2.50. The Morgan fingerprint density at radius 1 is 1.00 bits per heavy atom. The van der Waals surface area contributed by atoms with E-state index in [2.05, 4.69) is 42.7 Å². The fraction of sp³-hybridized carbons (Fsp3) is 0.375. The average molecular weight is 515 g/mol. The van der Waals surface area contributed by atoms with Crippen LogP contribution in [-0.2, 0) is 0 Å². The van der Waals surface area contributed by atoms with E-state index in [-0.39, 0.29) is 24.1 Å². The Morgan fingerprint density at radius 3 is 2.45 bits per heavy atom. The number of β-amino-alcohol motifs (C(OH)–C–C–N with tert-alkyl or cyclic N) is 1. The molecular weight excluding hydrogens is 476 g/mol. The van der Waals surface area contributed by atoms with Crippen molar-refractivity contribution in [2.75, 3.05) is 37.7 Å². The van der Waals surface area contributed by atoms with Crippen molar-refractivity contribution in [1.82, 2.24) is 4.90 Å². The summed E-state index contributed by atoms with van der Waals surface area (Å²) in [6.45, 7) is 9.91. The van der Waals surface area contributed by atoms with E-state index in [1.165, 1.54) is 6.42 Å². The molecule has 5 rings (SSSR count). The Morgan fingerprint density at radius 2 is 1.76 bits per heavy atom. The van der Waals surface area contributed by atoms with Crippen molar-refractivity contribution in [3.8, 4) is 17.2 Å². The second-order valence-corrected chi connectivity index (χ2v) is 10.7. The van der Waals surface area contributed by atoms with E-state index in [0.717, 1.165) is 58.3 Å². The third-order valence-corrected chi connectivity index (χ3v) is 7.95. The molecule has 1 saturated heterocycles. The molecule has 3 unspecified atom stereocenters. The highest BCUT2D eigenvalue weighted by Gasteiger charge is 2.34. The molecule has 3 aromatic carbocycles. The van der Waals surface area contributed by atoms with Crippen molar-refractivity contribution < 1.29 is 20.1 Å². The number of aliphatic hydroxyl groups is 1. The van der Waals surface area contributed by atoms with Crippen molar-refractivity contribution in [2.45, 2.75) is 39.3 Å². The molecule has 0 amide bonds. The summed E-state index contributed by atoms with van der Waals surface area (Å²) in [6, 6.07) is 21.0. The van der Waals surface area contributed by atoms with Crippen molar-refractivity contribution in [3.05, 3.63) is 83.4 Å². The first kappa shape index (κ1) is 26.1. The quantitative estimate of drug-likeness (QED) is 0.359. The first-order valence-electron chi connectivity index (χ1n) is 13.5. The van der Waals surface area contributed by atoms with E-state index < -0.39 is 0 Å². The first-order chi connectivity index (χ1) is 18.4. The maximum absolute atomic E-state index is 10.3. The molecule has 0 radical (unpaired) electrons. The average Bonchev–Trinajstić information content (AvgIpc) is 3.35. The SMILES string of the molecule is CC1=C(c2cccc(O)c2)C(c2ccc(OCC(C)N3CCC(C)C3)cc2)N(CCO)c2ccc(O)cc21. The number of ether oxygens (including phenoxy) is 1. The summed E-state index contributed by atoms with van der Waals surface area (Å²) in [7, 11) is 0. The van der Waals surface area contributed by atoms with E-state index >= 15 is 0 Å². The Bertz CT molecular complexity index is 1300. The molecule has 0 saturated carbocycles. The van der Waals surface area contributed by atoms with Crippen LogP contribution in [0.15, 0.2) is 66.7 Å². The van der Waals surface area contributed by atoms with Crippen LogP contribution in [0.25, 0.3) is 11.1 Å². The van der Waals surface area contributed by atoms with Crippen molar-refractivity contribution >= 4 is 16.8 Å². The van der Waals surface area contributed by atoms with Crippen molar-refractivity contribution in [1.29, 1.82) is 0 Å². The van der Waals surface area contributed by atoms with E-state index in [1.807, 2.05) is 30.3 Å². The van der Waals surface area contributed by atoms with Gasteiger partial charge in [0.05, 0.1) is 12.6 Å². The van der Waals surface area contributed by atoms with Crippen molar-refractivity contribution in [2.24, 2.45) is 5.92 Å². The van der Waals surface area contributed by atoms with Gasteiger partial charge in [0.1, 0.15) is 23.9 Å². The molecule has 2 aliphatic rings. The Hall–Kier alpha value is -3.48. The summed E-state index contributed by atoms with van der Waals surface area (Å²) in [5, 5.41) is 30.6. The van der Waals surface area contributed by atoms with Crippen LogP contribution in [0.1, 0.15) is 49.9 Å². The summed E-state index contributed by atoms with van der Waals surface area (Å²) < 4.78 is 6.18. The molecule has 200 valence electrons. The van der Waals surface area contributed by atoms with Gasteiger partial charge >= 0.3 is 0 Å². The minimum absolute atomic E-state index is 0.0165. The summed E-state index contributed by atoms with van der Waals surface area (Å²) in [5.74, 6) is 1.98. The van der Waals surface area contributed by atoms with E-state index in [1.54, 1.807) is 24.3 Å². The normalized spacial score (nSPS) is 20.5. The van der Waals surface area contributed by atoms with Crippen LogP contribution in [-0.4, -0.2) is 59.1 Å². The molecule has 0 bridgehead atoms. The number of rotatable bonds is 8. The molecule has 1 fully saturated rings. The van der Waals surface area contributed by atoms with Gasteiger partial charge in [-0.2, -0.15) is 0 Å². The Kier molecular flexibility index (Phi) is 7.63. The maximum Gasteiger partial charge on any atom is 0.119 e. The number of hydrogen-bond acceptors (Lipinski definition) is 6. The zero-order chi connectivity index (χ0) is 26.8. The molecule has 0 aliphatic carbocycles. The van der Waals surface area contributed by atoms with Crippen LogP contribution in [0.5, 0.6) is 17.2 Å². The summed E-state index contributed by atoms with van der Waals surface area (Å²) in [4.78, 5) is 4.67. The number of likely N-dealkylation sites (tertiary alicyclic amines) is 1. The van der Waals surface area contributed by atoms with E-state index in [4.69, 9.17) is 4.74 Å². The molecule has 2 aliphatic heterocycles.